The third-order valence-corrected chi connectivity index (χ3v) is 5.51. The molecule has 0 spiro atoms. The largest absolute Gasteiger partial charge is 0.416 e. The summed E-state index contributed by atoms with van der Waals surface area (Å²) in [6.45, 7) is 3.51. The number of rotatable bonds is 5. The number of carbonyl (C=O) groups excluding carboxylic acids is 1. The zero-order valence-corrected chi connectivity index (χ0v) is 18.0. The summed E-state index contributed by atoms with van der Waals surface area (Å²) in [5.41, 5.74) is 1.40. The number of alkyl halides is 3. The van der Waals surface area contributed by atoms with Crippen LogP contribution in [0, 0.1) is 12.7 Å². The highest BCUT2D eigenvalue weighted by molar-refractivity contribution is 6.04. The number of fused-ring (bicyclic) bond motifs is 1. The Balaban J connectivity index is 1.48. The Labute approximate surface area is 186 Å². The number of aromatic nitrogens is 4. The summed E-state index contributed by atoms with van der Waals surface area (Å²) in [6.07, 6.45) is -3.12. The minimum absolute atomic E-state index is 0.112. The molecule has 0 bridgehead atoms. The van der Waals surface area contributed by atoms with Gasteiger partial charge in [-0.2, -0.15) is 13.2 Å². The quantitative estimate of drug-likeness (QED) is 0.563. The normalized spacial score (nSPS) is 15.9. The average molecular weight is 463 g/mol. The van der Waals surface area contributed by atoms with Crippen molar-refractivity contribution in [2.24, 2.45) is 0 Å². The molecule has 174 valence electrons. The van der Waals surface area contributed by atoms with Crippen LogP contribution in [0.15, 0.2) is 30.5 Å². The van der Waals surface area contributed by atoms with Crippen molar-refractivity contribution in [2.45, 2.75) is 39.2 Å². The second-order valence-electron chi connectivity index (χ2n) is 7.82. The van der Waals surface area contributed by atoms with Gasteiger partial charge in [-0.1, -0.05) is 5.21 Å². The molecule has 2 aromatic heterocycles. The number of amides is 1. The lowest BCUT2D eigenvalue weighted by Crippen LogP contribution is -2.44. The third kappa shape index (κ3) is 4.59. The second kappa shape index (κ2) is 8.34. The number of nitrogens with zero attached hydrogens (tertiary/aromatic N) is 5. The minimum Gasteiger partial charge on any atom is -0.364 e. The van der Waals surface area contributed by atoms with Crippen molar-refractivity contribution < 1.29 is 22.4 Å². The Morgan fingerprint density at radius 2 is 2.00 bits per heavy atom. The van der Waals surface area contributed by atoms with Crippen LogP contribution in [0.25, 0.3) is 0 Å². The molecule has 1 aliphatic heterocycles. The summed E-state index contributed by atoms with van der Waals surface area (Å²) in [5.74, 6) is -0.330. The van der Waals surface area contributed by atoms with Gasteiger partial charge in [0.1, 0.15) is 23.4 Å². The standard InChI is InChI=1S/C21H21F4N7O/c1-11-19-17(31(3)12(2)20(33)28-19)7-18(27-11)26-8-15-10-32(30-29-15)9-13-6-14(22)4-5-16(13)21(23,24)25/h4-7,10,12H,8-9H2,1-3H3,(H,26,27)(H,28,33)/t12-/m0/s1. The van der Waals surface area contributed by atoms with E-state index >= 15 is 0 Å². The Hall–Kier alpha value is -3.70. The van der Waals surface area contributed by atoms with Crippen molar-refractivity contribution in [3.8, 4) is 0 Å². The maximum atomic E-state index is 13.5. The van der Waals surface area contributed by atoms with Crippen LogP contribution in [-0.2, 0) is 24.1 Å². The van der Waals surface area contributed by atoms with Gasteiger partial charge in [-0.25, -0.2) is 14.1 Å². The van der Waals surface area contributed by atoms with Crippen LogP contribution in [-0.4, -0.2) is 39.0 Å². The third-order valence-electron chi connectivity index (χ3n) is 5.51. The Morgan fingerprint density at radius 1 is 1.24 bits per heavy atom. The van der Waals surface area contributed by atoms with E-state index in [2.05, 4.69) is 25.9 Å². The van der Waals surface area contributed by atoms with Crippen LogP contribution >= 0.6 is 0 Å². The van der Waals surface area contributed by atoms with Crippen molar-refractivity contribution in [3.63, 3.8) is 0 Å². The minimum atomic E-state index is -4.60. The van der Waals surface area contributed by atoms with Gasteiger partial charge in [0, 0.05) is 13.1 Å². The first-order valence-electron chi connectivity index (χ1n) is 10.1. The molecule has 4 rings (SSSR count). The van der Waals surface area contributed by atoms with Gasteiger partial charge < -0.3 is 15.5 Å². The molecule has 0 unspecified atom stereocenters. The van der Waals surface area contributed by atoms with Crippen molar-refractivity contribution in [1.29, 1.82) is 0 Å². The number of likely N-dealkylation sites (N-methyl/N-ethyl adjacent to an activating group) is 1. The molecule has 1 atom stereocenters. The number of hydrogen-bond donors (Lipinski definition) is 2. The molecule has 0 fully saturated rings. The van der Waals surface area contributed by atoms with Crippen molar-refractivity contribution >= 4 is 23.1 Å². The van der Waals surface area contributed by atoms with Crippen LogP contribution in [0.1, 0.15) is 29.4 Å². The number of hydrogen-bond acceptors (Lipinski definition) is 6. The first kappa shape index (κ1) is 22.5. The van der Waals surface area contributed by atoms with Gasteiger partial charge in [0.05, 0.1) is 41.9 Å². The average Bonchev–Trinajstić information content (AvgIpc) is 3.18. The molecule has 2 N–H and O–H groups in total. The van der Waals surface area contributed by atoms with E-state index in [-0.39, 0.29) is 30.6 Å². The van der Waals surface area contributed by atoms with E-state index < -0.39 is 17.6 Å². The lowest BCUT2D eigenvalue weighted by molar-refractivity contribution is -0.138. The van der Waals surface area contributed by atoms with Crippen LogP contribution in [0.4, 0.5) is 34.8 Å². The van der Waals surface area contributed by atoms with Gasteiger partial charge in [0.2, 0.25) is 5.91 Å². The summed E-state index contributed by atoms with van der Waals surface area (Å²) < 4.78 is 54.4. The van der Waals surface area contributed by atoms with Crippen LogP contribution in [0.3, 0.4) is 0 Å². The topological polar surface area (TPSA) is 88.0 Å². The predicted octanol–water partition coefficient (Wildman–Crippen LogP) is 3.58. The molecule has 33 heavy (non-hydrogen) atoms. The van der Waals surface area contributed by atoms with Crippen molar-refractivity contribution in [1.82, 2.24) is 20.0 Å². The van der Waals surface area contributed by atoms with Gasteiger partial charge in [-0.3, -0.25) is 4.79 Å². The van der Waals surface area contributed by atoms with Gasteiger partial charge in [0.15, 0.2) is 0 Å². The Bertz CT molecular complexity index is 1210. The molecule has 1 aliphatic rings. The molecule has 1 amide bonds. The molecule has 0 saturated heterocycles. The summed E-state index contributed by atoms with van der Waals surface area (Å²) in [4.78, 5) is 18.3. The molecule has 3 heterocycles. The highest BCUT2D eigenvalue weighted by atomic mass is 19.4. The zero-order valence-electron chi connectivity index (χ0n) is 18.0. The lowest BCUT2D eigenvalue weighted by atomic mass is 10.1. The number of anilines is 3. The van der Waals surface area contributed by atoms with E-state index in [9.17, 15) is 22.4 Å². The van der Waals surface area contributed by atoms with Gasteiger partial charge >= 0.3 is 6.18 Å². The maximum Gasteiger partial charge on any atom is 0.416 e. The molecule has 0 saturated carbocycles. The maximum absolute atomic E-state index is 13.5. The Morgan fingerprint density at radius 3 is 2.73 bits per heavy atom. The van der Waals surface area contributed by atoms with Crippen LogP contribution < -0.4 is 15.5 Å². The highest BCUT2D eigenvalue weighted by Crippen LogP contribution is 2.35. The van der Waals surface area contributed by atoms with E-state index in [4.69, 9.17) is 0 Å². The molecule has 0 radical (unpaired) electrons. The van der Waals surface area contributed by atoms with Gasteiger partial charge in [-0.05, 0) is 37.6 Å². The molecule has 3 aromatic rings. The van der Waals surface area contributed by atoms with E-state index in [1.54, 1.807) is 19.9 Å². The van der Waals surface area contributed by atoms with Crippen molar-refractivity contribution in [2.75, 3.05) is 22.6 Å². The first-order chi connectivity index (χ1) is 15.5. The highest BCUT2D eigenvalue weighted by Gasteiger charge is 2.33. The fourth-order valence-electron chi connectivity index (χ4n) is 3.61. The van der Waals surface area contributed by atoms with Gasteiger partial charge in [0.25, 0.3) is 0 Å². The SMILES string of the molecule is Cc1nc(NCc2cn(Cc3cc(F)ccc3C(F)(F)F)nn2)cc2c1NC(=O)[C@H](C)N2C. The van der Waals surface area contributed by atoms with Crippen molar-refractivity contribution in [3.05, 3.63) is 58.8 Å². The summed E-state index contributed by atoms with van der Waals surface area (Å²) in [5, 5.41) is 13.8. The fourth-order valence-corrected chi connectivity index (χ4v) is 3.61. The van der Waals surface area contributed by atoms with E-state index in [1.165, 1.54) is 10.9 Å². The summed E-state index contributed by atoms with van der Waals surface area (Å²) >= 11 is 0. The summed E-state index contributed by atoms with van der Waals surface area (Å²) in [6, 6.07) is 3.80. The van der Waals surface area contributed by atoms with E-state index in [0.29, 0.717) is 29.0 Å². The summed E-state index contributed by atoms with van der Waals surface area (Å²) in [7, 11) is 1.82. The number of nitrogens with one attached hydrogen (secondary N) is 2. The van der Waals surface area contributed by atoms with Crippen LogP contribution in [0.5, 0.6) is 0 Å². The first-order valence-corrected chi connectivity index (χ1v) is 10.1. The van der Waals surface area contributed by atoms with Crippen LogP contribution in [0.2, 0.25) is 0 Å². The molecule has 1 aromatic carbocycles. The fraction of sp³-hybridized carbons (Fsp3) is 0.333. The van der Waals surface area contributed by atoms with Gasteiger partial charge in [-0.15, -0.1) is 5.10 Å². The van der Waals surface area contributed by atoms with E-state index in [0.717, 1.165) is 17.8 Å². The zero-order chi connectivity index (χ0) is 23.9. The number of halogens is 4. The molecule has 12 heteroatoms. The predicted molar refractivity (Wildman–Crippen MR) is 113 cm³/mol. The smallest absolute Gasteiger partial charge is 0.364 e. The number of benzene rings is 1. The number of carbonyl (C=O) groups is 1. The molecule has 0 aliphatic carbocycles. The molecular formula is C21H21F4N7O. The molecular weight excluding hydrogens is 442 g/mol. The van der Waals surface area contributed by atoms with E-state index in [1.807, 2.05) is 11.9 Å². The second-order valence-corrected chi connectivity index (χ2v) is 7.82. The number of pyridine rings is 1. The molecule has 8 nitrogen and oxygen atoms in total. The lowest BCUT2D eigenvalue weighted by Gasteiger charge is -2.34. The number of aryl methyl sites for hydroxylation is 1. The Kier molecular flexibility index (Phi) is 5.68. The monoisotopic (exact) mass is 463 g/mol.